The number of aromatic nitrogens is 3. The van der Waals surface area contributed by atoms with Crippen molar-refractivity contribution >= 4 is 17.0 Å². The molecule has 94 valence electrons. The van der Waals surface area contributed by atoms with Gasteiger partial charge in [-0.2, -0.15) is 5.10 Å². The van der Waals surface area contributed by atoms with E-state index < -0.39 is 0 Å². The van der Waals surface area contributed by atoms with E-state index in [1.165, 1.54) is 35.3 Å². The van der Waals surface area contributed by atoms with E-state index in [2.05, 4.69) is 15.4 Å². The largest absolute Gasteiger partial charge is 0.381 e. The fraction of sp³-hybridized carbons (Fsp3) is 0.417. The zero-order valence-corrected chi connectivity index (χ0v) is 10.7. The van der Waals surface area contributed by atoms with Crippen LogP contribution in [0.1, 0.15) is 24.3 Å². The molecule has 0 spiro atoms. The molecule has 6 heteroatoms. The molecule has 0 aliphatic heterocycles. The Balaban J connectivity index is 1.74. The Kier molecular flexibility index (Phi) is 3.10. The number of hydrogen-bond donors (Lipinski definition) is 1. The van der Waals surface area contributed by atoms with Crippen LogP contribution in [0.15, 0.2) is 28.6 Å². The number of nitrogens with one attached hydrogen (secondary N) is 1. The molecule has 2 heterocycles. The highest BCUT2D eigenvalue weighted by molar-refractivity contribution is 7.09. The molecule has 0 radical (unpaired) electrons. The zero-order chi connectivity index (χ0) is 12.4. The van der Waals surface area contributed by atoms with Gasteiger partial charge in [-0.1, -0.05) is 0 Å². The number of thiazole rings is 1. The van der Waals surface area contributed by atoms with Crippen molar-refractivity contribution in [1.82, 2.24) is 14.8 Å². The maximum Gasteiger partial charge on any atom is 0.269 e. The molecular formula is C12H14N4OS. The zero-order valence-electron chi connectivity index (χ0n) is 9.87. The second-order valence-corrected chi connectivity index (χ2v) is 5.42. The van der Waals surface area contributed by atoms with E-state index in [0.717, 1.165) is 10.7 Å². The summed E-state index contributed by atoms with van der Waals surface area (Å²) in [5.41, 5.74) is 0.731. The van der Waals surface area contributed by atoms with Gasteiger partial charge in [0.15, 0.2) is 0 Å². The highest BCUT2D eigenvalue weighted by Crippen LogP contribution is 2.22. The summed E-state index contributed by atoms with van der Waals surface area (Å²) in [6, 6.07) is 2.12. The average molecular weight is 262 g/mol. The molecule has 5 nitrogen and oxygen atoms in total. The predicted octanol–water partition coefficient (Wildman–Crippen LogP) is 1.71. The summed E-state index contributed by atoms with van der Waals surface area (Å²) in [5, 5.41) is 10.3. The Labute approximate surface area is 108 Å². The molecule has 0 unspecified atom stereocenters. The quantitative estimate of drug-likeness (QED) is 0.911. The van der Waals surface area contributed by atoms with Gasteiger partial charge in [-0.25, -0.2) is 9.67 Å². The summed E-state index contributed by atoms with van der Waals surface area (Å²) < 4.78 is 1.44. The predicted molar refractivity (Wildman–Crippen MR) is 71.0 cm³/mol. The van der Waals surface area contributed by atoms with Gasteiger partial charge in [0, 0.05) is 23.7 Å². The molecule has 2 aromatic heterocycles. The lowest BCUT2D eigenvalue weighted by atomic mass is 9.93. The van der Waals surface area contributed by atoms with Crippen LogP contribution in [0.2, 0.25) is 0 Å². The van der Waals surface area contributed by atoms with Crippen molar-refractivity contribution in [2.75, 3.05) is 5.32 Å². The van der Waals surface area contributed by atoms with Crippen LogP contribution < -0.4 is 10.9 Å². The maximum atomic E-state index is 11.9. The first-order chi connectivity index (χ1) is 8.81. The fourth-order valence-corrected chi connectivity index (χ4v) is 2.48. The van der Waals surface area contributed by atoms with E-state index in [4.69, 9.17) is 0 Å². The monoisotopic (exact) mass is 262 g/mol. The summed E-state index contributed by atoms with van der Waals surface area (Å²) in [6.45, 7) is 0.445. The van der Waals surface area contributed by atoms with Crippen molar-refractivity contribution in [2.24, 2.45) is 0 Å². The van der Waals surface area contributed by atoms with Crippen LogP contribution in [-0.2, 0) is 6.54 Å². The smallest absolute Gasteiger partial charge is 0.269 e. The third kappa shape index (κ3) is 2.43. The summed E-state index contributed by atoms with van der Waals surface area (Å²) >= 11 is 1.53. The van der Waals surface area contributed by atoms with Gasteiger partial charge >= 0.3 is 0 Å². The van der Waals surface area contributed by atoms with Crippen molar-refractivity contribution in [3.05, 3.63) is 39.2 Å². The molecule has 1 saturated carbocycles. The van der Waals surface area contributed by atoms with E-state index in [9.17, 15) is 4.79 Å². The van der Waals surface area contributed by atoms with Gasteiger partial charge in [-0.15, -0.1) is 11.3 Å². The van der Waals surface area contributed by atoms with Crippen molar-refractivity contribution in [3.63, 3.8) is 0 Å². The number of anilines is 1. The lowest BCUT2D eigenvalue weighted by Crippen LogP contribution is -2.29. The fourth-order valence-electron chi connectivity index (χ4n) is 1.88. The first-order valence-electron chi connectivity index (χ1n) is 6.03. The Morgan fingerprint density at radius 2 is 2.39 bits per heavy atom. The molecule has 2 aromatic rings. The maximum absolute atomic E-state index is 11.9. The van der Waals surface area contributed by atoms with Crippen molar-refractivity contribution in [3.8, 4) is 0 Å². The van der Waals surface area contributed by atoms with E-state index in [1.54, 1.807) is 18.5 Å². The first-order valence-corrected chi connectivity index (χ1v) is 6.91. The third-order valence-electron chi connectivity index (χ3n) is 3.11. The molecule has 0 bridgehead atoms. The molecule has 1 aliphatic rings. The minimum absolute atomic E-state index is 0.0884. The Hall–Kier alpha value is -1.69. The minimum atomic E-state index is -0.0884. The van der Waals surface area contributed by atoms with Gasteiger partial charge in [0.2, 0.25) is 0 Å². The van der Waals surface area contributed by atoms with Crippen molar-refractivity contribution in [2.45, 2.75) is 31.8 Å². The van der Waals surface area contributed by atoms with Crippen LogP contribution in [0.25, 0.3) is 0 Å². The van der Waals surface area contributed by atoms with Crippen molar-refractivity contribution < 1.29 is 0 Å². The second-order valence-electron chi connectivity index (χ2n) is 4.44. The lowest BCUT2D eigenvalue weighted by Gasteiger charge is -2.27. The molecule has 1 aliphatic carbocycles. The van der Waals surface area contributed by atoms with Gasteiger partial charge in [0.1, 0.15) is 5.01 Å². The molecule has 0 atom stereocenters. The summed E-state index contributed by atoms with van der Waals surface area (Å²) in [4.78, 5) is 16.0. The molecule has 0 aromatic carbocycles. The van der Waals surface area contributed by atoms with Crippen LogP contribution in [0.4, 0.5) is 5.69 Å². The van der Waals surface area contributed by atoms with Crippen LogP contribution in [0.3, 0.4) is 0 Å². The van der Waals surface area contributed by atoms with Crippen LogP contribution >= 0.6 is 11.3 Å². The van der Waals surface area contributed by atoms with E-state index in [0.29, 0.717) is 12.6 Å². The number of rotatable bonds is 4. The molecule has 0 saturated heterocycles. The summed E-state index contributed by atoms with van der Waals surface area (Å²) in [5.74, 6) is 0. The minimum Gasteiger partial charge on any atom is -0.381 e. The third-order valence-corrected chi connectivity index (χ3v) is 3.88. The topological polar surface area (TPSA) is 59.8 Å². The molecule has 1 N–H and O–H groups in total. The van der Waals surface area contributed by atoms with E-state index in [1.807, 2.05) is 5.38 Å². The van der Waals surface area contributed by atoms with Crippen molar-refractivity contribution in [1.29, 1.82) is 0 Å². The lowest BCUT2D eigenvalue weighted by molar-refractivity contribution is 0.445. The highest BCUT2D eigenvalue weighted by Gasteiger charge is 2.17. The van der Waals surface area contributed by atoms with Gasteiger partial charge in [0.05, 0.1) is 18.4 Å². The molecule has 18 heavy (non-hydrogen) atoms. The Morgan fingerprint density at radius 1 is 1.50 bits per heavy atom. The van der Waals surface area contributed by atoms with Gasteiger partial charge < -0.3 is 5.32 Å². The summed E-state index contributed by atoms with van der Waals surface area (Å²) in [7, 11) is 0. The molecule has 3 rings (SSSR count). The molecular weight excluding hydrogens is 248 g/mol. The Morgan fingerprint density at radius 3 is 3.00 bits per heavy atom. The first kappa shape index (κ1) is 11.4. The molecule has 1 fully saturated rings. The van der Waals surface area contributed by atoms with Gasteiger partial charge in [0.25, 0.3) is 5.56 Å². The molecule has 0 amide bonds. The standard InChI is InChI=1S/C12H14N4OS/c17-12-6-10(15-9-2-1-3-9)7-14-16(12)8-11-13-4-5-18-11/h4-7,9,15H,1-3,8H2. The highest BCUT2D eigenvalue weighted by atomic mass is 32.1. The van der Waals surface area contributed by atoms with E-state index >= 15 is 0 Å². The number of nitrogens with zero attached hydrogens (tertiary/aromatic N) is 3. The average Bonchev–Trinajstić information content (AvgIpc) is 2.80. The van der Waals surface area contributed by atoms with Crippen LogP contribution in [0, 0.1) is 0 Å². The number of hydrogen-bond acceptors (Lipinski definition) is 5. The SMILES string of the molecule is O=c1cc(NC2CCC2)cnn1Cc1nccs1. The second kappa shape index (κ2) is 4.89. The van der Waals surface area contributed by atoms with Crippen LogP contribution in [-0.4, -0.2) is 20.8 Å². The Bertz CT molecular complexity index is 574. The van der Waals surface area contributed by atoms with Crippen LogP contribution in [0.5, 0.6) is 0 Å². The van der Waals surface area contributed by atoms with E-state index in [-0.39, 0.29) is 5.56 Å². The van der Waals surface area contributed by atoms with Gasteiger partial charge in [-0.3, -0.25) is 4.79 Å². The summed E-state index contributed by atoms with van der Waals surface area (Å²) in [6.07, 6.45) is 7.08. The normalized spacial score (nSPS) is 15.3. The van der Waals surface area contributed by atoms with Gasteiger partial charge in [-0.05, 0) is 19.3 Å².